The molecule has 78 valence electrons. The molecule has 0 atom stereocenters. The zero-order valence-electron chi connectivity index (χ0n) is 9.42. The Morgan fingerprint density at radius 2 is 2.07 bits per heavy atom. The van der Waals surface area contributed by atoms with Gasteiger partial charge in [-0.25, -0.2) is 0 Å². The molecule has 0 aromatic heterocycles. The minimum absolute atomic E-state index is 0.502. The van der Waals surface area contributed by atoms with Gasteiger partial charge < -0.3 is 10.1 Å². The Kier molecular flexibility index (Phi) is 3.96. The normalized spacial score (nSPS) is 10.6. The molecular formula is C12H19NO. The monoisotopic (exact) mass is 193 g/mol. The summed E-state index contributed by atoms with van der Waals surface area (Å²) in [5.41, 5.74) is 2.50. The minimum atomic E-state index is 0.502. The molecule has 0 bridgehead atoms. The van der Waals surface area contributed by atoms with E-state index in [1.54, 1.807) is 7.11 Å². The molecule has 0 heterocycles. The zero-order valence-corrected chi connectivity index (χ0v) is 9.42. The molecule has 1 rings (SSSR count). The van der Waals surface area contributed by atoms with Gasteiger partial charge in [-0.15, -0.1) is 0 Å². The van der Waals surface area contributed by atoms with Crippen LogP contribution >= 0.6 is 0 Å². The Balaban J connectivity index is 3.11. The minimum Gasteiger partial charge on any atom is -0.496 e. The number of hydrogen-bond acceptors (Lipinski definition) is 2. The second-order valence-electron chi connectivity index (χ2n) is 3.72. The standard InChI is InChI=1S/C12H19NO/c1-9(2)11-7-5-6-10(8-13-3)12(11)14-4/h5-7,9,13H,8H2,1-4H3. The van der Waals surface area contributed by atoms with Crippen molar-refractivity contribution in [1.29, 1.82) is 0 Å². The van der Waals surface area contributed by atoms with E-state index in [2.05, 4.69) is 37.4 Å². The third kappa shape index (κ3) is 2.26. The number of para-hydroxylation sites is 1. The van der Waals surface area contributed by atoms with Gasteiger partial charge in [-0.3, -0.25) is 0 Å². The highest BCUT2D eigenvalue weighted by atomic mass is 16.5. The Morgan fingerprint density at radius 3 is 2.57 bits per heavy atom. The van der Waals surface area contributed by atoms with Crippen molar-refractivity contribution >= 4 is 0 Å². The lowest BCUT2D eigenvalue weighted by Crippen LogP contribution is -2.08. The number of nitrogens with one attached hydrogen (secondary N) is 1. The number of ether oxygens (including phenoxy) is 1. The van der Waals surface area contributed by atoms with Crippen LogP contribution in [0.5, 0.6) is 5.75 Å². The summed E-state index contributed by atoms with van der Waals surface area (Å²) in [5.74, 6) is 1.53. The van der Waals surface area contributed by atoms with Gasteiger partial charge in [-0.05, 0) is 18.5 Å². The van der Waals surface area contributed by atoms with E-state index in [0.717, 1.165) is 12.3 Å². The predicted octanol–water partition coefficient (Wildman–Crippen LogP) is 2.54. The summed E-state index contributed by atoms with van der Waals surface area (Å²) < 4.78 is 5.45. The van der Waals surface area contributed by atoms with Gasteiger partial charge in [0.15, 0.2) is 0 Å². The first kappa shape index (κ1) is 11.1. The molecule has 0 saturated heterocycles. The second-order valence-corrected chi connectivity index (χ2v) is 3.72. The Labute approximate surface area is 86.3 Å². The van der Waals surface area contributed by atoms with Gasteiger partial charge in [0.1, 0.15) is 5.75 Å². The predicted molar refractivity (Wildman–Crippen MR) is 59.8 cm³/mol. The molecule has 0 amide bonds. The van der Waals surface area contributed by atoms with Crippen LogP contribution < -0.4 is 10.1 Å². The first-order valence-electron chi connectivity index (χ1n) is 5.01. The molecular weight excluding hydrogens is 174 g/mol. The van der Waals surface area contributed by atoms with Crippen LogP contribution in [-0.4, -0.2) is 14.2 Å². The van der Waals surface area contributed by atoms with Crippen molar-refractivity contribution in [1.82, 2.24) is 5.32 Å². The van der Waals surface area contributed by atoms with E-state index >= 15 is 0 Å². The van der Waals surface area contributed by atoms with Crippen molar-refractivity contribution in [2.24, 2.45) is 0 Å². The molecule has 0 aliphatic carbocycles. The maximum Gasteiger partial charge on any atom is 0.126 e. The molecule has 0 fully saturated rings. The highest BCUT2D eigenvalue weighted by molar-refractivity contribution is 5.43. The maximum absolute atomic E-state index is 5.45. The molecule has 1 aromatic carbocycles. The third-order valence-corrected chi connectivity index (χ3v) is 2.32. The number of rotatable bonds is 4. The fraction of sp³-hybridized carbons (Fsp3) is 0.500. The topological polar surface area (TPSA) is 21.3 Å². The van der Waals surface area contributed by atoms with Crippen molar-refractivity contribution in [3.63, 3.8) is 0 Å². The van der Waals surface area contributed by atoms with Crippen LogP contribution in [0.1, 0.15) is 30.9 Å². The summed E-state index contributed by atoms with van der Waals surface area (Å²) in [6, 6.07) is 6.31. The number of benzene rings is 1. The van der Waals surface area contributed by atoms with Crippen molar-refractivity contribution in [3.8, 4) is 5.75 Å². The van der Waals surface area contributed by atoms with Crippen molar-refractivity contribution < 1.29 is 4.74 Å². The Morgan fingerprint density at radius 1 is 1.36 bits per heavy atom. The average molecular weight is 193 g/mol. The average Bonchev–Trinajstić information content (AvgIpc) is 2.18. The molecule has 2 nitrogen and oxygen atoms in total. The highest BCUT2D eigenvalue weighted by Crippen LogP contribution is 2.29. The van der Waals surface area contributed by atoms with Gasteiger partial charge in [-0.2, -0.15) is 0 Å². The van der Waals surface area contributed by atoms with Crippen LogP contribution in [0.3, 0.4) is 0 Å². The maximum atomic E-state index is 5.45. The molecule has 0 aliphatic heterocycles. The molecule has 1 aromatic rings. The molecule has 0 radical (unpaired) electrons. The number of methoxy groups -OCH3 is 1. The Hall–Kier alpha value is -1.02. The zero-order chi connectivity index (χ0) is 10.6. The van der Waals surface area contributed by atoms with Crippen LogP contribution in [0.25, 0.3) is 0 Å². The van der Waals surface area contributed by atoms with E-state index in [0.29, 0.717) is 5.92 Å². The van der Waals surface area contributed by atoms with E-state index < -0.39 is 0 Å². The Bertz CT molecular complexity index is 294. The lowest BCUT2D eigenvalue weighted by molar-refractivity contribution is 0.401. The van der Waals surface area contributed by atoms with Gasteiger partial charge >= 0.3 is 0 Å². The third-order valence-electron chi connectivity index (χ3n) is 2.32. The summed E-state index contributed by atoms with van der Waals surface area (Å²) in [5, 5.41) is 3.14. The van der Waals surface area contributed by atoms with Crippen LogP contribution in [0.4, 0.5) is 0 Å². The lowest BCUT2D eigenvalue weighted by Gasteiger charge is -2.15. The lowest BCUT2D eigenvalue weighted by atomic mass is 9.99. The van der Waals surface area contributed by atoms with Gasteiger partial charge in [0, 0.05) is 12.1 Å². The molecule has 2 heteroatoms. The smallest absolute Gasteiger partial charge is 0.126 e. The fourth-order valence-corrected chi connectivity index (χ4v) is 1.64. The fourth-order valence-electron chi connectivity index (χ4n) is 1.64. The van der Waals surface area contributed by atoms with Gasteiger partial charge in [0.2, 0.25) is 0 Å². The van der Waals surface area contributed by atoms with Gasteiger partial charge in [0.05, 0.1) is 7.11 Å². The molecule has 0 saturated carbocycles. The van der Waals surface area contributed by atoms with E-state index in [1.165, 1.54) is 11.1 Å². The molecule has 14 heavy (non-hydrogen) atoms. The SMILES string of the molecule is CNCc1cccc(C(C)C)c1OC. The van der Waals surface area contributed by atoms with Gasteiger partial charge in [0.25, 0.3) is 0 Å². The summed E-state index contributed by atoms with van der Waals surface area (Å²) in [7, 11) is 3.68. The van der Waals surface area contributed by atoms with E-state index in [9.17, 15) is 0 Å². The summed E-state index contributed by atoms with van der Waals surface area (Å²) in [4.78, 5) is 0. The van der Waals surface area contributed by atoms with Gasteiger partial charge in [-0.1, -0.05) is 32.0 Å². The van der Waals surface area contributed by atoms with E-state index in [4.69, 9.17) is 4.74 Å². The van der Waals surface area contributed by atoms with Crippen LogP contribution in [0, 0.1) is 0 Å². The molecule has 0 spiro atoms. The van der Waals surface area contributed by atoms with Crippen molar-refractivity contribution in [3.05, 3.63) is 29.3 Å². The van der Waals surface area contributed by atoms with Crippen LogP contribution in [-0.2, 0) is 6.54 Å². The summed E-state index contributed by atoms with van der Waals surface area (Å²) >= 11 is 0. The summed E-state index contributed by atoms with van der Waals surface area (Å²) in [6.45, 7) is 5.21. The van der Waals surface area contributed by atoms with Crippen molar-refractivity contribution in [2.75, 3.05) is 14.2 Å². The number of hydrogen-bond donors (Lipinski definition) is 1. The van der Waals surface area contributed by atoms with Crippen molar-refractivity contribution in [2.45, 2.75) is 26.3 Å². The summed E-state index contributed by atoms with van der Waals surface area (Å²) in [6.07, 6.45) is 0. The highest BCUT2D eigenvalue weighted by Gasteiger charge is 2.10. The van der Waals surface area contributed by atoms with Crippen LogP contribution in [0.2, 0.25) is 0 Å². The quantitative estimate of drug-likeness (QED) is 0.793. The molecule has 0 aliphatic rings. The molecule has 1 N–H and O–H groups in total. The van der Waals surface area contributed by atoms with E-state index in [1.807, 2.05) is 7.05 Å². The largest absolute Gasteiger partial charge is 0.496 e. The van der Waals surface area contributed by atoms with Crippen LogP contribution in [0.15, 0.2) is 18.2 Å². The van der Waals surface area contributed by atoms with E-state index in [-0.39, 0.29) is 0 Å². The molecule has 0 unspecified atom stereocenters. The second kappa shape index (κ2) is 5.01. The first-order chi connectivity index (χ1) is 6.70. The first-order valence-corrected chi connectivity index (χ1v) is 5.01.